The Morgan fingerprint density at radius 1 is 1.03 bits per heavy atom. The van der Waals surface area contributed by atoms with Gasteiger partial charge in [-0.1, -0.05) is 6.07 Å². The maximum absolute atomic E-state index is 13.3. The SMILES string of the molecule is Cc1ccc(S(=O)(=O)N2CCN(Cn3nc(C4CC4)cc(C(F)(F)F)c3=O)CC2)cc1C. The summed E-state index contributed by atoms with van der Waals surface area (Å²) in [6.45, 7) is 4.57. The summed E-state index contributed by atoms with van der Waals surface area (Å²) in [7, 11) is -3.67. The van der Waals surface area contributed by atoms with Gasteiger partial charge >= 0.3 is 6.18 Å². The van der Waals surface area contributed by atoms with E-state index in [0.717, 1.165) is 34.7 Å². The second-order valence-corrected chi connectivity index (χ2v) is 10.4. The molecule has 2 fully saturated rings. The van der Waals surface area contributed by atoms with Crippen LogP contribution in [0.5, 0.6) is 0 Å². The summed E-state index contributed by atoms with van der Waals surface area (Å²) in [6.07, 6.45) is -3.22. The molecule has 0 amide bonds. The molecule has 0 atom stereocenters. The molecule has 0 spiro atoms. The van der Waals surface area contributed by atoms with Gasteiger partial charge in [0, 0.05) is 32.1 Å². The smallest absolute Gasteiger partial charge is 0.282 e. The maximum atomic E-state index is 13.3. The Bertz CT molecular complexity index is 1180. The van der Waals surface area contributed by atoms with E-state index in [1.807, 2.05) is 13.8 Å². The minimum Gasteiger partial charge on any atom is -0.282 e. The number of halogens is 3. The van der Waals surface area contributed by atoms with Crippen LogP contribution < -0.4 is 5.56 Å². The Kier molecular flexibility index (Phi) is 5.93. The van der Waals surface area contributed by atoms with Gasteiger partial charge in [0.25, 0.3) is 5.56 Å². The summed E-state index contributed by atoms with van der Waals surface area (Å²) in [5, 5.41) is 4.17. The van der Waals surface area contributed by atoms with Crippen LogP contribution in [-0.2, 0) is 22.9 Å². The molecular weight excluding hydrogens is 445 g/mol. The fourth-order valence-electron chi connectivity index (χ4n) is 3.76. The van der Waals surface area contributed by atoms with Gasteiger partial charge in [0.15, 0.2) is 0 Å². The number of aryl methyl sites for hydroxylation is 2. The highest BCUT2D eigenvalue weighted by molar-refractivity contribution is 7.89. The number of aromatic nitrogens is 2. The lowest BCUT2D eigenvalue weighted by atomic mass is 10.1. The zero-order chi connectivity index (χ0) is 23.3. The quantitative estimate of drug-likeness (QED) is 0.672. The average molecular weight is 471 g/mol. The van der Waals surface area contributed by atoms with Crippen LogP contribution in [0.2, 0.25) is 0 Å². The fourth-order valence-corrected chi connectivity index (χ4v) is 5.27. The van der Waals surface area contributed by atoms with Crippen LogP contribution in [0.1, 0.15) is 41.1 Å². The van der Waals surface area contributed by atoms with Gasteiger partial charge in [-0.2, -0.15) is 22.6 Å². The van der Waals surface area contributed by atoms with Gasteiger partial charge < -0.3 is 0 Å². The summed E-state index contributed by atoms with van der Waals surface area (Å²) >= 11 is 0. The molecule has 4 rings (SSSR count). The molecule has 32 heavy (non-hydrogen) atoms. The van der Waals surface area contributed by atoms with Crippen LogP contribution in [0.15, 0.2) is 34.0 Å². The number of nitrogens with zero attached hydrogens (tertiary/aromatic N) is 4. The lowest BCUT2D eigenvalue weighted by molar-refractivity contribution is -0.139. The van der Waals surface area contributed by atoms with E-state index in [1.165, 1.54) is 4.31 Å². The van der Waals surface area contributed by atoms with Gasteiger partial charge in [-0.15, -0.1) is 0 Å². The first-order valence-corrected chi connectivity index (χ1v) is 11.9. The molecule has 0 radical (unpaired) electrons. The van der Waals surface area contributed by atoms with E-state index in [9.17, 15) is 26.4 Å². The standard InChI is InChI=1S/C21H25F3N4O3S/c1-14-3-6-17(11-15(14)2)32(30,31)27-9-7-26(8-10-27)13-28-20(29)18(21(22,23)24)12-19(25-28)16-4-5-16/h3,6,11-12,16H,4-5,7-10,13H2,1-2H3. The second-order valence-electron chi connectivity index (χ2n) is 8.47. The molecule has 11 heteroatoms. The van der Waals surface area contributed by atoms with Crippen LogP contribution in [0, 0.1) is 13.8 Å². The molecule has 1 saturated carbocycles. The van der Waals surface area contributed by atoms with E-state index in [-0.39, 0.29) is 49.4 Å². The molecule has 0 N–H and O–H groups in total. The lowest BCUT2D eigenvalue weighted by Crippen LogP contribution is -2.50. The molecule has 0 bridgehead atoms. The van der Waals surface area contributed by atoms with Crippen molar-refractivity contribution in [3.8, 4) is 0 Å². The third-order valence-corrected chi connectivity index (χ3v) is 7.97. The lowest BCUT2D eigenvalue weighted by Gasteiger charge is -2.34. The van der Waals surface area contributed by atoms with Crippen molar-refractivity contribution in [2.24, 2.45) is 0 Å². The molecule has 2 heterocycles. The maximum Gasteiger partial charge on any atom is 0.421 e. The van der Waals surface area contributed by atoms with E-state index in [2.05, 4.69) is 5.10 Å². The van der Waals surface area contributed by atoms with E-state index in [1.54, 1.807) is 23.1 Å². The van der Waals surface area contributed by atoms with E-state index in [4.69, 9.17) is 0 Å². The molecule has 7 nitrogen and oxygen atoms in total. The van der Waals surface area contributed by atoms with Gasteiger partial charge in [0.05, 0.1) is 17.3 Å². The Labute approximate surface area is 184 Å². The van der Waals surface area contributed by atoms with Crippen molar-refractivity contribution in [3.05, 3.63) is 57.0 Å². The minimum absolute atomic E-state index is 0.0390. The summed E-state index contributed by atoms with van der Waals surface area (Å²) in [5.41, 5.74) is -0.213. The molecule has 0 unspecified atom stereocenters. The zero-order valence-electron chi connectivity index (χ0n) is 17.9. The molecule has 1 aliphatic heterocycles. The highest BCUT2D eigenvalue weighted by Gasteiger charge is 2.38. The van der Waals surface area contributed by atoms with Crippen LogP contribution >= 0.6 is 0 Å². The first kappa shape index (κ1) is 22.9. The highest BCUT2D eigenvalue weighted by atomic mass is 32.2. The Hall–Kier alpha value is -2.24. The molecule has 1 aliphatic carbocycles. The number of hydrogen-bond acceptors (Lipinski definition) is 5. The van der Waals surface area contributed by atoms with Crippen LogP contribution in [0.3, 0.4) is 0 Å². The normalized spacial score (nSPS) is 18.8. The number of sulfonamides is 1. The van der Waals surface area contributed by atoms with Gasteiger partial charge in [-0.25, -0.2) is 13.1 Å². The van der Waals surface area contributed by atoms with Gasteiger partial charge in [-0.3, -0.25) is 9.69 Å². The number of hydrogen-bond donors (Lipinski definition) is 0. The largest absolute Gasteiger partial charge is 0.421 e. The summed E-state index contributed by atoms with van der Waals surface area (Å²) in [4.78, 5) is 14.4. The third-order valence-electron chi connectivity index (χ3n) is 6.08. The molecule has 1 aromatic heterocycles. The molecule has 2 aromatic rings. The highest BCUT2D eigenvalue weighted by Crippen LogP contribution is 2.40. The molecule has 174 valence electrons. The van der Waals surface area contributed by atoms with Crippen molar-refractivity contribution in [2.75, 3.05) is 26.2 Å². The van der Waals surface area contributed by atoms with Crippen molar-refractivity contribution >= 4 is 10.0 Å². The van der Waals surface area contributed by atoms with Crippen molar-refractivity contribution in [2.45, 2.75) is 50.3 Å². The topological polar surface area (TPSA) is 75.5 Å². The van der Waals surface area contributed by atoms with Crippen LogP contribution in [-0.4, -0.2) is 53.6 Å². The van der Waals surface area contributed by atoms with Crippen molar-refractivity contribution < 1.29 is 21.6 Å². The monoisotopic (exact) mass is 470 g/mol. The molecule has 2 aliphatic rings. The van der Waals surface area contributed by atoms with E-state index >= 15 is 0 Å². The number of benzene rings is 1. The van der Waals surface area contributed by atoms with E-state index in [0.29, 0.717) is 0 Å². The Morgan fingerprint density at radius 2 is 1.69 bits per heavy atom. The minimum atomic E-state index is -4.75. The first-order chi connectivity index (χ1) is 15.0. The predicted octanol–water partition coefficient (Wildman–Crippen LogP) is 2.72. The molecule has 1 saturated heterocycles. The molecular formula is C21H25F3N4O3S. The van der Waals surface area contributed by atoms with Gasteiger partial charge in [0.2, 0.25) is 10.0 Å². The second kappa shape index (κ2) is 8.27. The third kappa shape index (κ3) is 4.60. The van der Waals surface area contributed by atoms with E-state index < -0.39 is 27.3 Å². The zero-order valence-corrected chi connectivity index (χ0v) is 18.7. The van der Waals surface area contributed by atoms with Crippen molar-refractivity contribution in [3.63, 3.8) is 0 Å². The van der Waals surface area contributed by atoms with Crippen LogP contribution in [0.4, 0.5) is 13.2 Å². The number of rotatable bonds is 5. The first-order valence-electron chi connectivity index (χ1n) is 10.5. The van der Waals surface area contributed by atoms with Gasteiger partial charge in [0.1, 0.15) is 5.56 Å². The number of piperazine rings is 1. The Balaban J connectivity index is 1.49. The Morgan fingerprint density at radius 3 is 2.25 bits per heavy atom. The van der Waals surface area contributed by atoms with Crippen molar-refractivity contribution in [1.29, 1.82) is 0 Å². The van der Waals surface area contributed by atoms with Crippen molar-refractivity contribution in [1.82, 2.24) is 19.0 Å². The summed E-state index contributed by atoms with van der Waals surface area (Å²) < 4.78 is 68.2. The summed E-state index contributed by atoms with van der Waals surface area (Å²) in [5.74, 6) is -0.0390. The predicted molar refractivity (Wildman–Crippen MR) is 112 cm³/mol. The number of alkyl halides is 3. The van der Waals surface area contributed by atoms with Crippen LogP contribution in [0.25, 0.3) is 0 Å². The molecule has 1 aromatic carbocycles. The summed E-state index contributed by atoms with van der Waals surface area (Å²) in [6, 6.07) is 5.85. The van der Waals surface area contributed by atoms with Gasteiger partial charge in [-0.05, 0) is 56.0 Å². The average Bonchev–Trinajstić information content (AvgIpc) is 3.56. The fraction of sp³-hybridized carbons (Fsp3) is 0.524.